The average molecular weight is 257 g/mol. The van der Waals surface area contributed by atoms with Crippen LogP contribution in [-0.4, -0.2) is 23.8 Å². The zero-order chi connectivity index (χ0) is 13.8. The summed E-state index contributed by atoms with van der Waals surface area (Å²) in [6, 6.07) is 8.36. The maximum atomic E-state index is 12.6. The molecule has 1 saturated heterocycles. The molecular formula is C17H23NO. The third-order valence-electron chi connectivity index (χ3n) is 3.91. The molecule has 1 aliphatic heterocycles. The molecule has 0 amide bonds. The molecule has 0 aromatic heterocycles. The Morgan fingerprint density at radius 1 is 1.37 bits per heavy atom. The number of aryl methyl sites for hydroxylation is 1. The van der Waals surface area contributed by atoms with E-state index < -0.39 is 0 Å². The second-order valence-corrected chi connectivity index (χ2v) is 5.41. The van der Waals surface area contributed by atoms with Crippen LogP contribution in [0.5, 0.6) is 0 Å². The normalized spacial score (nSPS) is 24.2. The number of likely N-dealkylation sites (tertiary alicyclic amines) is 1. The summed E-state index contributed by atoms with van der Waals surface area (Å²) in [7, 11) is 0. The van der Waals surface area contributed by atoms with E-state index in [4.69, 9.17) is 0 Å². The predicted molar refractivity (Wildman–Crippen MR) is 79.1 cm³/mol. The first-order chi connectivity index (χ1) is 9.15. The van der Waals surface area contributed by atoms with E-state index in [0.717, 1.165) is 25.1 Å². The van der Waals surface area contributed by atoms with Gasteiger partial charge in [-0.3, -0.25) is 4.79 Å². The Bertz CT molecular complexity index is 478. The van der Waals surface area contributed by atoms with E-state index in [2.05, 4.69) is 49.2 Å². The quantitative estimate of drug-likeness (QED) is 0.825. The standard InChI is InChI=1S/C17H23NO/c1-4-9-18-11-14(5-2)17(19)16(12-18)15-8-6-7-13(3)10-15/h4,6-10,14,16H,5,11-12H2,1-3H3/b9-4-. The van der Waals surface area contributed by atoms with Gasteiger partial charge in [0.05, 0.1) is 5.92 Å². The smallest absolute Gasteiger partial charge is 0.146 e. The van der Waals surface area contributed by atoms with Gasteiger partial charge < -0.3 is 4.90 Å². The number of rotatable bonds is 3. The third kappa shape index (κ3) is 3.06. The third-order valence-corrected chi connectivity index (χ3v) is 3.91. The zero-order valence-corrected chi connectivity index (χ0v) is 12.1. The first-order valence-corrected chi connectivity index (χ1v) is 7.12. The van der Waals surface area contributed by atoms with Crippen molar-refractivity contribution in [3.63, 3.8) is 0 Å². The highest BCUT2D eigenvalue weighted by atomic mass is 16.1. The van der Waals surface area contributed by atoms with Crippen LogP contribution in [0.1, 0.15) is 37.3 Å². The fraction of sp³-hybridized carbons (Fsp3) is 0.471. The van der Waals surface area contributed by atoms with Crippen molar-refractivity contribution >= 4 is 5.78 Å². The van der Waals surface area contributed by atoms with E-state index >= 15 is 0 Å². The molecule has 2 rings (SSSR count). The van der Waals surface area contributed by atoms with Gasteiger partial charge in [0.25, 0.3) is 0 Å². The Kier molecular flexibility index (Phi) is 4.41. The van der Waals surface area contributed by atoms with Gasteiger partial charge in [0.2, 0.25) is 0 Å². The van der Waals surface area contributed by atoms with Crippen molar-refractivity contribution in [3.05, 3.63) is 47.7 Å². The number of ketones is 1. The van der Waals surface area contributed by atoms with Gasteiger partial charge in [0, 0.05) is 19.0 Å². The van der Waals surface area contributed by atoms with Gasteiger partial charge in [-0.1, -0.05) is 42.8 Å². The summed E-state index contributed by atoms with van der Waals surface area (Å²) in [5.41, 5.74) is 2.39. The van der Waals surface area contributed by atoms with Crippen LogP contribution in [0.4, 0.5) is 0 Å². The molecule has 0 saturated carbocycles. The Morgan fingerprint density at radius 2 is 2.16 bits per heavy atom. The van der Waals surface area contributed by atoms with Gasteiger partial charge in [-0.25, -0.2) is 0 Å². The molecule has 1 fully saturated rings. The second-order valence-electron chi connectivity index (χ2n) is 5.41. The summed E-state index contributed by atoms with van der Waals surface area (Å²) in [5.74, 6) is 0.596. The highest BCUT2D eigenvalue weighted by Gasteiger charge is 2.33. The lowest BCUT2D eigenvalue weighted by atomic mass is 9.82. The highest BCUT2D eigenvalue weighted by molar-refractivity contribution is 5.89. The first-order valence-electron chi connectivity index (χ1n) is 7.12. The average Bonchev–Trinajstić information content (AvgIpc) is 2.41. The van der Waals surface area contributed by atoms with E-state index in [0.29, 0.717) is 5.78 Å². The Labute approximate surface area is 116 Å². The molecule has 2 heteroatoms. The summed E-state index contributed by atoms with van der Waals surface area (Å²) >= 11 is 0. The lowest BCUT2D eigenvalue weighted by molar-refractivity contribution is -0.127. The number of Topliss-reactive ketones (excluding diaryl/α,β-unsaturated/α-hetero) is 1. The van der Waals surface area contributed by atoms with Crippen molar-refractivity contribution in [1.29, 1.82) is 0 Å². The van der Waals surface area contributed by atoms with Crippen molar-refractivity contribution in [3.8, 4) is 0 Å². The SMILES string of the molecule is C/C=C\N1CC(CC)C(=O)C(c2cccc(C)c2)C1. The van der Waals surface area contributed by atoms with Gasteiger partial charge in [0.15, 0.2) is 0 Å². The van der Waals surface area contributed by atoms with E-state index in [9.17, 15) is 4.79 Å². The van der Waals surface area contributed by atoms with Crippen molar-refractivity contribution in [1.82, 2.24) is 4.90 Å². The molecule has 1 aromatic rings. The molecule has 2 unspecified atom stereocenters. The fourth-order valence-electron chi connectivity index (χ4n) is 2.88. The van der Waals surface area contributed by atoms with Crippen molar-refractivity contribution in [2.45, 2.75) is 33.1 Å². The molecule has 2 atom stereocenters. The Balaban J connectivity index is 2.28. The summed E-state index contributed by atoms with van der Waals surface area (Å²) in [5, 5.41) is 0. The molecule has 102 valence electrons. The molecule has 0 radical (unpaired) electrons. The largest absolute Gasteiger partial charge is 0.376 e. The Morgan fingerprint density at radius 3 is 2.79 bits per heavy atom. The number of allylic oxidation sites excluding steroid dienone is 1. The maximum Gasteiger partial charge on any atom is 0.146 e. The van der Waals surface area contributed by atoms with Crippen LogP contribution in [0.25, 0.3) is 0 Å². The number of carbonyl (C=O) groups excluding carboxylic acids is 1. The van der Waals surface area contributed by atoms with E-state index in [1.165, 1.54) is 5.56 Å². The number of nitrogens with zero attached hydrogens (tertiary/aromatic N) is 1. The van der Waals surface area contributed by atoms with Gasteiger partial charge in [0.1, 0.15) is 5.78 Å². The van der Waals surface area contributed by atoms with Crippen LogP contribution < -0.4 is 0 Å². The van der Waals surface area contributed by atoms with Gasteiger partial charge in [-0.15, -0.1) is 0 Å². The molecule has 1 aromatic carbocycles. The zero-order valence-electron chi connectivity index (χ0n) is 12.1. The summed E-state index contributed by atoms with van der Waals surface area (Å²) < 4.78 is 0. The predicted octanol–water partition coefficient (Wildman–Crippen LogP) is 3.52. The van der Waals surface area contributed by atoms with Crippen molar-refractivity contribution < 1.29 is 4.79 Å². The van der Waals surface area contributed by atoms with E-state index in [1.54, 1.807) is 0 Å². The molecule has 1 heterocycles. The Hall–Kier alpha value is -1.57. The summed E-state index contributed by atoms with van der Waals surface area (Å²) in [6.45, 7) is 7.89. The van der Waals surface area contributed by atoms with E-state index in [1.807, 2.05) is 13.0 Å². The first kappa shape index (κ1) is 13.9. The maximum absolute atomic E-state index is 12.6. The molecular weight excluding hydrogens is 234 g/mol. The minimum atomic E-state index is 0.0230. The van der Waals surface area contributed by atoms with Crippen LogP contribution in [0.2, 0.25) is 0 Å². The summed E-state index contributed by atoms with van der Waals surface area (Å²) in [6.07, 6.45) is 5.09. The second kappa shape index (κ2) is 6.05. The highest BCUT2D eigenvalue weighted by Crippen LogP contribution is 2.29. The number of hydrogen-bond donors (Lipinski definition) is 0. The summed E-state index contributed by atoms with van der Waals surface area (Å²) in [4.78, 5) is 14.8. The number of carbonyl (C=O) groups is 1. The van der Waals surface area contributed by atoms with Crippen molar-refractivity contribution in [2.75, 3.05) is 13.1 Å². The molecule has 0 bridgehead atoms. The molecule has 0 aliphatic carbocycles. The van der Waals surface area contributed by atoms with Gasteiger partial charge in [-0.05, 0) is 32.0 Å². The molecule has 0 spiro atoms. The van der Waals surface area contributed by atoms with Crippen LogP contribution in [0, 0.1) is 12.8 Å². The fourth-order valence-corrected chi connectivity index (χ4v) is 2.88. The molecule has 0 N–H and O–H groups in total. The molecule has 1 aliphatic rings. The molecule has 2 nitrogen and oxygen atoms in total. The van der Waals surface area contributed by atoms with E-state index in [-0.39, 0.29) is 11.8 Å². The van der Waals surface area contributed by atoms with Gasteiger partial charge >= 0.3 is 0 Å². The number of benzene rings is 1. The number of piperidine rings is 1. The minimum Gasteiger partial charge on any atom is -0.376 e. The van der Waals surface area contributed by atoms with Crippen LogP contribution >= 0.6 is 0 Å². The van der Waals surface area contributed by atoms with Crippen molar-refractivity contribution in [2.24, 2.45) is 5.92 Å². The minimum absolute atomic E-state index is 0.0230. The lowest BCUT2D eigenvalue weighted by Crippen LogP contribution is -2.43. The lowest BCUT2D eigenvalue weighted by Gasteiger charge is -2.36. The van der Waals surface area contributed by atoms with Crippen LogP contribution in [-0.2, 0) is 4.79 Å². The molecule has 19 heavy (non-hydrogen) atoms. The van der Waals surface area contributed by atoms with Gasteiger partial charge in [-0.2, -0.15) is 0 Å². The monoisotopic (exact) mass is 257 g/mol. The topological polar surface area (TPSA) is 20.3 Å². The number of hydrogen-bond acceptors (Lipinski definition) is 2. The van der Waals surface area contributed by atoms with Crippen LogP contribution in [0.15, 0.2) is 36.5 Å². The van der Waals surface area contributed by atoms with Crippen LogP contribution in [0.3, 0.4) is 0 Å².